The molecule has 0 radical (unpaired) electrons. The van der Waals surface area contributed by atoms with E-state index >= 15 is 0 Å². The number of carbonyl (C=O) groups is 1. The van der Waals surface area contributed by atoms with E-state index in [2.05, 4.69) is 12.2 Å². The van der Waals surface area contributed by atoms with E-state index in [1.807, 2.05) is 6.92 Å². The van der Waals surface area contributed by atoms with Crippen LogP contribution in [0.4, 0.5) is 0 Å². The molecule has 4 nitrogen and oxygen atoms in total. The molecule has 0 spiro atoms. The number of amides is 1. The van der Waals surface area contributed by atoms with Crippen LogP contribution in [0, 0.1) is 0 Å². The first-order chi connectivity index (χ1) is 14.2. The van der Waals surface area contributed by atoms with Crippen LogP contribution in [0.2, 0.25) is 0 Å². The maximum atomic E-state index is 11.8. The van der Waals surface area contributed by atoms with E-state index in [0.717, 1.165) is 25.7 Å². The number of aliphatic hydroxyl groups excluding tert-OH is 2. The maximum Gasteiger partial charge on any atom is 0.220 e. The minimum Gasteiger partial charge on any atom is -0.394 e. The van der Waals surface area contributed by atoms with Gasteiger partial charge < -0.3 is 15.5 Å². The molecule has 0 fully saturated rings. The van der Waals surface area contributed by atoms with Crippen molar-refractivity contribution in [2.75, 3.05) is 6.61 Å². The smallest absolute Gasteiger partial charge is 0.220 e. The quantitative estimate of drug-likeness (QED) is 0.183. The van der Waals surface area contributed by atoms with E-state index in [1.165, 1.54) is 83.5 Å². The van der Waals surface area contributed by atoms with Crippen LogP contribution in [0.25, 0.3) is 0 Å². The molecule has 0 heterocycles. The van der Waals surface area contributed by atoms with Crippen molar-refractivity contribution < 1.29 is 15.0 Å². The Labute approximate surface area is 181 Å². The number of nitrogens with one attached hydrogen (secondary N) is 1. The van der Waals surface area contributed by atoms with Gasteiger partial charge in [-0.25, -0.2) is 0 Å². The molecule has 0 aliphatic heterocycles. The van der Waals surface area contributed by atoms with Gasteiger partial charge in [0.05, 0.1) is 18.8 Å². The third kappa shape index (κ3) is 19.1. The van der Waals surface area contributed by atoms with Crippen LogP contribution < -0.4 is 5.32 Å². The molecular formula is C25H51NO3. The van der Waals surface area contributed by atoms with Crippen molar-refractivity contribution in [2.45, 2.75) is 148 Å². The second-order valence-corrected chi connectivity index (χ2v) is 8.77. The van der Waals surface area contributed by atoms with Gasteiger partial charge in [-0.05, 0) is 12.8 Å². The first kappa shape index (κ1) is 28.4. The van der Waals surface area contributed by atoms with Gasteiger partial charge in [0.15, 0.2) is 0 Å². The van der Waals surface area contributed by atoms with Crippen molar-refractivity contribution >= 4 is 5.91 Å². The Hall–Kier alpha value is -0.610. The summed E-state index contributed by atoms with van der Waals surface area (Å²) in [7, 11) is 0. The summed E-state index contributed by atoms with van der Waals surface area (Å²) in [6, 6.07) is -0.522. The molecule has 0 aromatic carbocycles. The largest absolute Gasteiger partial charge is 0.394 e. The Morgan fingerprint density at radius 1 is 0.690 bits per heavy atom. The average molecular weight is 414 g/mol. The van der Waals surface area contributed by atoms with Gasteiger partial charge in [0.1, 0.15) is 0 Å². The van der Waals surface area contributed by atoms with Crippen LogP contribution in [0.5, 0.6) is 0 Å². The summed E-state index contributed by atoms with van der Waals surface area (Å²) in [6.45, 7) is 4.12. The molecule has 0 aliphatic carbocycles. The lowest BCUT2D eigenvalue weighted by molar-refractivity contribution is -0.123. The summed E-state index contributed by atoms with van der Waals surface area (Å²) in [5.41, 5.74) is 0. The minimum atomic E-state index is -0.646. The summed E-state index contributed by atoms with van der Waals surface area (Å²) in [4.78, 5) is 11.8. The van der Waals surface area contributed by atoms with Gasteiger partial charge in [-0.2, -0.15) is 0 Å². The van der Waals surface area contributed by atoms with Gasteiger partial charge in [-0.3, -0.25) is 4.79 Å². The summed E-state index contributed by atoms with van der Waals surface area (Å²) >= 11 is 0. The topological polar surface area (TPSA) is 69.6 Å². The van der Waals surface area contributed by atoms with Crippen LogP contribution in [-0.4, -0.2) is 34.9 Å². The molecule has 0 aliphatic rings. The third-order valence-electron chi connectivity index (χ3n) is 5.87. The third-order valence-corrected chi connectivity index (χ3v) is 5.87. The van der Waals surface area contributed by atoms with E-state index < -0.39 is 12.1 Å². The molecule has 0 bridgehead atoms. The normalized spacial score (nSPS) is 13.4. The lowest BCUT2D eigenvalue weighted by atomic mass is 10.0. The minimum absolute atomic E-state index is 0.0681. The van der Waals surface area contributed by atoms with Crippen LogP contribution in [-0.2, 0) is 4.79 Å². The van der Waals surface area contributed by atoms with Crippen molar-refractivity contribution in [3.8, 4) is 0 Å². The molecular weight excluding hydrogens is 362 g/mol. The summed E-state index contributed by atoms with van der Waals surface area (Å²) in [5, 5.41) is 22.4. The number of rotatable bonds is 22. The number of hydrogen-bond acceptors (Lipinski definition) is 3. The highest BCUT2D eigenvalue weighted by molar-refractivity contribution is 5.76. The van der Waals surface area contributed by atoms with Gasteiger partial charge >= 0.3 is 0 Å². The van der Waals surface area contributed by atoms with Crippen molar-refractivity contribution in [3.05, 3.63) is 0 Å². The molecule has 1 amide bonds. The number of carbonyl (C=O) groups excluding carboxylic acids is 1. The van der Waals surface area contributed by atoms with Crippen LogP contribution in [0.3, 0.4) is 0 Å². The molecule has 174 valence electrons. The molecule has 4 heteroatoms. The monoisotopic (exact) mass is 413 g/mol. The van der Waals surface area contributed by atoms with Gasteiger partial charge in [0.2, 0.25) is 5.91 Å². The van der Waals surface area contributed by atoms with Crippen molar-refractivity contribution in [1.82, 2.24) is 5.32 Å². The molecule has 2 unspecified atom stereocenters. The highest BCUT2D eigenvalue weighted by atomic mass is 16.3. The van der Waals surface area contributed by atoms with Gasteiger partial charge in [0, 0.05) is 6.42 Å². The van der Waals surface area contributed by atoms with E-state index in [4.69, 9.17) is 0 Å². The molecule has 0 aromatic heterocycles. The fourth-order valence-electron chi connectivity index (χ4n) is 3.81. The fourth-order valence-corrected chi connectivity index (χ4v) is 3.81. The lowest BCUT2D eigenvalue weighted by Crippen LogP contribution is -2.45. The molecule has 0 aromatic rings. The van der Waals surface area contributed by atoms with E-state index in [9.17, 15) is 15.0 Å². The van der Waals surface area contributed by atoms with E-state index in [1.54, 1.807) is 0 Å². The average Bonchev–Trinajstić information content (AvgIpc) is 2.73. The Bertz CT molecular complexity index is 349. The van der Waals surface area contributed by atoms with E-state index in [-0.39, 0.29) is 12.5 Å². The molecule has 0 rings (SSSR count). The van der Waals surface area contributed by atoms with Crippen molar-refractivity contribution in [3.63, 3.8) is 0 Å². The molecule has 29 heavy (non-hydrogen) atoms. The summed E-state index contributed by atoms with van der Waals surface area (Å²) in [6.07, 6.45) is 22.2. The van der Waals surface area contributed by atoms with Crippen molar-refractivity contribution in [1.29, 1.82) is 0 Å². The van der Waals surface area contributed by atoms with Crippen LogP contribution >= 0.6 is 0 Å². The Morgan fingerprint density at radius 2 is 1.10 bits per heavy atom. The van der Waals surface area contributed by atoms with Gasteiger partial charge in [0.25, 0.3) is 0 Å². The zero-order valence-electron chi connectivity index (χ0n) is 19.6. The molecule has 3 N–H and O–H groups in total. The number of hydrogen-bond donors (Lipinski definition) is 3. The van der Waals surface area contributed by atoms with Gasteiger partial charge in [-0.1, -0.05) is 117 Å². The second-order valence-electron chi connectivity index (χ2n) is 8.77. The predicted octanol–water partition coefficient (Wildman–Crippen LogP) is 6.28. The predicted molar refractivity (Wildman–Crippen MR) is 124 cm³/mol. The zero-order chi connectivity index (χ0) is 21.6. The maximum absolute atomic E-state index is 11.8. The summed E-state index contributed by atoms with van der Waals surface area (Å²) in [5.74, 6) is -0.0681. The molecule has 0 saturated heterocycles. The summed E-state index contributed by atoms with van der Waals surface area (Å²) < 4.78 is 0. The number of unbranched alkanes of at least 4 members (excludes halogenated alkanes) is 15. The van der Waals surface area contributed by atoms with Crippen molar-refractivity contribution in [2.24, 2.45) is 0 Å². The van der Waals surface area contributed by atoms with E-state index in [0.29, 0.717) is 12.8 Å². The Morgan fingerprint density at radius 3 is 1.52 bits per heavy atom. The van der Waals surface area contributed by atoms with Gasteiger partial charge in [-0.15, -0.1) is 0 Å². The van der Waals surface area contributed by atoms with Crippen LogP contribution in [0.15, 0.2) is 0 Å². The molecule has 2 atom stereocenters. The lowest BCUT2D eigenvalue weighted by Gasteiger charge is -2.22. The second kappa shape index (κ2) is 22.1. The highest BCUT2D eigenvalue weighted by Crippen LogP contribution is 2.14. The fraction of sp³-hybridized carbons (Fsp3) is 0.960. The highest BCUT2D eigenvalue weighted by Gasteiger charge is 2.19. The Kier molecular flexibility index (Phi) is 21.6. The van der Waals surface area contributed by atoms with Crippen LogP contribution in [0.1, 0.15) is 136 Å². The SMILES string of the molecule is CCCCCCCCCCCCCCCCCC(O)C(CO)NC(=O)CCCC. The zero-order valence-corrected chi connectivity index (χ0v) is 19.6. The first-order valence-electron chi connectivity index (χ1n) is 12.7. The standard InChI is InChI=1S/C25H51NO3/c1-3-5-7-8-9-10-11-12-13-14-15-16-17-18-19-20-24(28)23(22-27)26-25(29)21-6-4-2/h23-24,27-28H,3-22H2,1-2H3,(H,26,29). The Balaban J connectivity index is 3.44. The first-order valence-corrected chi connectivity index (χ1v) is 12.7. The number of aliphatic hydroxyl groups is 2. The molecule has 0 saturated carbocycles.